The monoisotopic (exact) mass is 349 g/mol. The van der Waals surface area contributed by atoms with E-state index in [9.17, 15) is 8.42 Å². The van der Waals surface area contributed by atoms with E-state index in [-0.39, 0.29) is 6.04 Å². The fraction of sp³-hybridized carbons (Fsp3) is 0.294. The van der Waals surface area contributed by atoms with Crippen LogP contribution in [-0.4, -0.2) is 19.3 Å². The lowest BCUT2D eigenvalue weighted by atomic mass is 10.2. The first-order valence-corrected chi connectivity index (χ1v) is 9.90. The molecule has 1 unspecified atom stereocenters. The summed E-state index contributed by atoms with van der Waals surface area (Å²) in [6, 6.07) is 12.7. The highest BCUT2D eigenvalue weighted by molar-refractivity contribution is 7.91. The van der Waals surface area contributed by atoms with Crippen molar-refractivity contribution >= 4 is 32.3 Å². The molecule has 0 aliphatic rings. The molecule has 0 fully saturated rings. The number of furan rings is 1. The van der Waals surface area contributed by atoms with Crippen LogP contribution in [0.1, 0.15) is 32.1 Å². The molecule has 0 spiro atoms. The predicted octanol–water partition coefficient (Wildman–Crippen LogP) is 4.66. The molecule has 23 heavy (non-hydrogen) atoms. The molecule has 0 amide bonds. The lowest BCUT2D eigenvalue weighted by Crippen LogP contribution is -2.33. The molecular formula is C17H19NO3S2. The van der Waals surface area contributed by atoms with Gasteiger partial charge in [-0.25, -0.2) is 8.42 Å². The summed E-state index contributed by atoms with van der Waals surface area (Å²) < 4.78 is 33.6. The zero-order chi connectivity index (χ0) is 16.4. The highest BCUT2D eigenvalue weighted by atomic mass is 32.2. The molecule has 0 aliphatic carbocycles. The molecule has 3 aromatic rings. The third-order valence-corrected chi connectivity index (χ3v) is 7.13. The molecule has 3 rings (SSSR count). The van der Waals surface area contributed by atoms with Crippen LogP contribution in [-0.2, 0) is 10.0 Å². The molecule has 0 radical (unpaired) electrons. The maximum absolute atomic E-state index is 12.9. The molecule has 1 aromatic carbocycles. The summed E-state index contributed by atoms with van der Waals surface area (Å²) in [6.07, 6.45) is 0.745. The van der Waals surface area contributed by atoms with E-state index < -0.39 is 10.0 Å². The van der Waals surface area contributed by atoms with E-state index in [1.54, 1.807) is 17.5 Å². The number of benzene rings is 1. The van der Waals surface area contributed by atoms with Crippen molar-refractivity contribution in [2.24, 2.45) is 0 Å². The van der Waals surface area contributed by atoms with Crippen LogP contribution < -0.4 is 0 Å². The van der Waals surface area contributed by atoms with Gasteiger partial charge in [0.05, 0.1) is 6.04 Å². The standard InChI is InChI=1S/C17H19NO3S2/c1-3-10-18(23(19,20)17-9-6-11-22-17)13(2)16-12-14-7-4-5-8-15(14)21-16/h4-9,11-13H,3,10H2,1-2H3. The summed E-state index contributed by atoms with van der Waals surface area (Å²) in [5.41, 5.74) is 0.777. The minimum Gasteiger partial charge on any atom is -0.459 e. The maximum Gasteiger partial charge on any atom is 0.253 e. The molecule has 122 valence electrons. The van der Waals surface area contributed by atoms with Gasteiger partial charge in [0.25, 0.3) is 10.0 Å². The second-order valence-electron chi connectivity index (χ2n) is 5.41. The van der Waals surface area contributed by atoms with Crippen molar-refractivity contribution in [3.63, 3.8) is 0 Å². The third kappa shape index (κ3) is 3.06. The van der Waals surface area contributed by atoms with Crippen LogP contribution in [0.15, 0.2) is 56.5 Å². The van der Waals surface area contributed by atoms with Gasteiger partial charge in [-0.1, -0.05) is 31.2 Å². The van der Waals surface area contributed by atoms with Gasteiger partial charge in [-0.3, -0.25) is 0 Å². The predicted molar refractivity (Wildman–Crippen MR) is 93.1 cm³/mol. The lowest BCUT2D eigenvalue weighted by Gasteiger charge is -2.26. The van der Waals surface area contributed by atoms with Gasteiger partial charge in [0.1, 0.15) is 15.6 Å². The smallest absolute Gasteiger partial charge is 0.253 e. The van der Waals surface area contributed by atoms with E-state index in [0.29, 0.717) is 16.5 Å². The van der Waals surface area contributed by atoms with Crippen molar-refractivity contribution in [2.45, 2.75) is 30.5 Å². The number of hydrogen-bond donors (Lipinski definition) is 0. The fourth-order valence-electron chi connectivity index (χ4n) is 2.62. The Morgan fingerprint density at radius 2 is 2.00 bits per heavy atom. The van der Waals surface area contributed by atoms with Gasteiger partial charge in [0, 0.05) is 11.9 Å². The number of sulfonamides is 1. The van der Waals surface area contributed by atoms with Crippen molar-refractivity contribution in [1.82, 2.24) is 4.31 Å². The fourth-order valence-corrected chi connectivity index (χ4v) is 5.43. The average molecular weight is 349 g/mol. The summed E-state index contributed by atoms with van der Waals surface area (Å²) in [7, 11) is -3.51. The molecule has 0 aliphatic heterocycles. The molecule has 2 heterocycles. The molecule has 0 saturated carbocycles. The maximum atomic E-state index is 12.9. The van der Waals surface area contributed by atoms with Gasteiger partial charge >= 0.3 is 0 Å². The highest BCUT2D eigenvalue weighted by Crippen LogP contribution is 2.32. The largest absolute Gasteiger partial charge is 0.459 e. The Hall–Kier alpha value is -1.63. The molecular weight excluding hydrogens is 330 g/mol. The minimum atomic E-state index is -3.51. The van der Waals surface area contributed by atoms with Gasteiger partial charge in [-0.15, -0.1) is 11.3 Å². The van der Waals surface area contributed by atoms with Crippen LogP contribution >= 0.6 is 11.3 Å². The first kappa shape index (κ1) is 16.2. The second-order valence-corrected chi connectivity index (χ2v) is 8.48. The second kappa shape index (κ2) is 6.47. The average Bonchev–Trinajstić information content (AvgIpc) is 3.20. The zero-order valence-corrected chi connectivity index (χ0v) is 14.7. The summed E-state index contributed by atoms with van der Waals surface area (Å²) in [5.74, 6) is 0.666. The van der Waals surface area contributed by atoms with Crippen molar-refractivity contribution < 1.29 is 12.8 Å². The van der Waals surface area contributed by atoms with Crippen molar-refractivity contribution in [2.75, 3.05) is 6.54 Å². The molecule has 6 heteroatoms. The Bertz CT molecular complexity index is 849. The summed E-state index contributed by atoms with van der Waals surface area (Å²) >= 11 is 1.24. The number of thiophene rings is 1. The molecule has 4 nitrogen and oxygen atoms in total. The zero-order valence-electron chi connectivity index (χ0n) is 13.1. The van der Waals surface area contributed by atoms with Crippen LogP contribution in [0.4, 0.5) is 0 Å². The quantitative estimate of drug-likeness (QED) is 0.650. The first-order valence-electron chi connectivity index (χ1n) is 7.58. The Kier molecular flexibility index (Phi) is 4.57. The molecule has 0 N–H and O–H groups in total. The van der Waals surface area contributed by atoms with E-state index in [2.05, 4.69) is 0 Å². The number of hydrogen-bond acceptors (Lipinski definition) is 4. The molecule has 0 saturated heterocycles. The van der Waals surface area contributed by atoms with E-state index in [4.69, 9.17) is 4.42 Å². The lowest BCUT2D eigenvalue weighted by molar-refractivity contribution is 0.306. The first-order chi connectivity index (χ1) is 11.0. The Morgan fingerprint density at radius 3 is 2.65 bits per heavy atom. The van der Waals surface area contributed by atoms with Gasteiger partial charge in [-0.2, -0.15) is 4.31 Å². The van der Waals surface area contributed by atoms with Gasteiger partial charge < -0.3 is 4.42 Å². The summed E-state index contributed by atoms with van der Waals surface area (Å²) in [6.45, 7) is 4.30. The highest BCUT2D eigenvalue weighted by Gasteiger charge is 2.31. The van der Waals surface area contributed by atoms with Crippen molar-refractivity contribution in [3.8, 4) is 0 Å². The molecule has 1 atom stereocenters. The molecule has 0 bridgehead atoms. The van der Waals surface area contributed by atoms with Crippen molar-refractivity contribution in [1.29, 1.82) is 0 Å². The third-order valence-electron chi connectivity index (χ3n) is 3.79. The van der Waals surface area contributed by atoms with Gasteiger partial charge in [0.15, 0.2) is 0 Å². The number of fused-ring (bicyclic) bond motifs is 1. The van der Waals surface area contributed by atoms with Crippen LogP contribution in [0, 0.1) is 0 Å². The van der Waals surface area contributed by atoms with Crippen molar-refractivity contribution in [3.05, 3.63) is 53.6 Å². The minimum absolute atomic E-state index is 0.352. The number of para-hydroxylation sites is 1. The van der Waals surface area contributed by atoms with E-state index >= 15 is 0 Å². The molecule has 2 aromatic heterocycles. The Balaban J connectivity index is 2.00. The summed E-state index contributed by atoms with van der Waals surface area (Å²) in [5, 5.41) is 2.77. The van der Waals surface area contributed by atoms with Crippen LogP contribution in [0.5, 0.6) is 0 Å². The van der Waals surface area contributed by atoms with Gasteiger partial charge in [-0.05, 0) is 36.9 Å². The van der Waals surface area contributed by atoms with E-state index in [1.165, 1.54) is 15.6 Å². The topological polar surface area (TPSA) is 50.5 Å². The van der Waals surface area contributed by atoms with Crippen LogP contribution in [0.25, 0.3) is 11.0 Å². The normalized spacial score (nSPS) is 13.7. The van der Waals surface area contributed by atoms with Crippen LogP contribution in [0.3, 0.4) is 0 Å². The number of rotatable bonds is 6. The van der Waals surface area contributed by atoms with Crippen LogP contribution in [0.2, 0.25) is 0 Å². The summed E-state index contributed by atoms with van der Waals surface area (Å²) in [4.78, 5) is 0. The SMILES string of the molecule is CCCN(C(C)c1cc2ccccc2o1)S(=O)(=O)c1cccs1. The number of nitrogens with zero attached hydrogens (tertiary/aromatic N) is 1. The Labute approximate surface area is 140 Å². The van der Waals surface area contributed by atoms with E-state index in [1.807, 2.05) is 44.2 Å². The Morgan fingerprint density at radius 1 is 1.22 bits per heavy atom. The van der Waals surface area contributed by atoms with E-state index in [0.717, 1.165) is 17.4 Å². The van der Waals surface area contributed by atoms with Gasteiger partial charge in [0.2, 0.25) is 0 Å².